The minimum Gasteiger partial charge on any atom is -0.478 e. The summed E-state index contributed by atoms with van der Waals surface area (Å²) in [6.07, 6.45) is 1.43. The first-order valence-electron chi connectivity index (χ1n) is 6.29. The summed E-state index contributed by atoms with van der Waals surface area (Å²) in [4.78, 5) is 10.9. The molecule has 2 aromatic rings. The lowest BCUT2D eigenvalue weighted by Gasteiger charge is -2.07. The van der Waals surface area contributed by atoms with Gasteiger partial charge in [-0.25, -0.2) is 9.18 Å². The van der Waals surface area contributed by atoms with E-state index in [1.165, 1.54) is 30.4 Å². The van der Waals surface area contributed by atoms with E-state index in [0.717, 1.165) is 0 Å². The lowest BCUT2D eigenvalue weighted by atomic mass is 10.1. The molecule has 1 unspecified atom stereocenters. The van der Waals surface area contributed by atoms with Crippen LogP contribution in [0.25, 0.3) is 6.08 Å². The predicted molar refractivity (Wildman–Crippen MR) is 95.5 cm³/mol. The monoisotopic (exact) mass is 436 g/mol. The van der Waals surface area contributed by atoms with Crippen LogP contribution in [0, 0.1) is 0 Å². The van der Waals surface area contributed by atoms with Crippen molar-refractivity contribution in [1.82, 2.24) is 0 Å². The molecule has 0 amide bonds. The van der Waals surface area contributed by atoms with Gasteiger partial charge in [0.1, 0.15) is 6.17 Å². The van der Waals surface area contributed by atoms with Gasteiger partial charge in [-0.1, -0.05) is 46.9 Å². The normalized spacial score (nSPS) is 12.6. The summed E-state index contributed by atoms with van der Waals surface area (Å²) in [7, 11) is 0. The summed E-state index contributed by atoms with van der Waals surface area (Å²) in [5, 5.41) is 9.49. The number of carboxylic acids is 1. The zero-order valence-corrected chi connectivity index (χ0v) is 15.2. The maximum atomic E-state index is 14.3. The van der Waals surface area contributed by atoms with Crippen molar-refractivity contribution < 1.29 is 14.3 Å². The van der Waals surface area contributed by atoms with E-state index >= 15 is 0 Å². The Balaban J connectivity index is 2.23. The Kier molecular flexibility index (Phi) is 6.09. The quantitative estimate of drug-likeness (QED) is 0.531. The largest absolute Gasteiger partial charge is 0.478 e. The molecule has 2 rings (SSSR count). The topological polar surface area (TPSA) is 37.3 Å². The molecule has 1 N–H and O–H groups in total. The predicted octanol–water partition coefficient (Wildman–Crippen LogP) is 6.83. The highest BCUT2D eigenvalue weighted by atomic mass is 79.9. The molecule has 0 saturated carbocycles. The van der Waals surface area contributed by atoms with Gasteiger partial charge in [-0.3, -0.25) is 0 Å². The number of hydrogen-bond donors (Lipinski definition) is 1. The van der Waals surface area contributed by atoms with Gasteiger partial charge in [-0.15, -0.1) is 0 Å². The zero-order valence-electron chi connectivity index (χ0n) is 11.4. The Hall–Kier alpha value is -1.07. The van der Waals surface area contributed by atoms with Gasteiger partial charge >= 0.3 is 5.97 Å². The smallest absolute Gasteiger partial charge is 0.336 e. The number of aromatic carboxylic acids is 1. The molecule has 1 atom stereocenters. The van der Waals surface area contributed by atoms with E-state index in [2.05, 4.69) is 15.9 Å². The van der Waals surface area contributed by atoms with Gasteiger partial charge in [0.15, 0.2) is 0 Å². The molecule has 0 aliphatic rings. The molecule has 0 heterocycles. The number of alkyl halides is 1. The standard InChI is InChI=1S/C16H9BrCl3FO2/c17-11-5-8(1-3-10(11)16(22)23)2-4-14(21)9-6-12(18)15(20)13(19)7-9/h1-7,14H,(H,22,23)/b4-2-. The SMILES string of the molecule is O=C(O)c1ccc(/C=C\C(F)c2cc(Cl)c(Cl)c(Cl)c2)cc1Br. The van der Waals surface area contributed by atoms with Crippen LogP contribution in [0.15, 0.2) is 40.9 Å². The van der Waals surface area contributed by atoms with Crippen LogP contribution in [0.1, 0.15) is 27.7 Å². The molecule has 0 fully saturated rings. The van der Waals surface area contributed by atoms with Gasteiger partial charge in [-0.05, 0) is 57.4 Å². The third-order valence-electron chi connectivity index (χ3n) is 3.01. The molecule has 120 valence electrons. The van der Waals surface area contributed by atoms with Crippen LogP contribution in [-0.2, 0) is 0 Å². The number of allylic oxidation sites excluding steroid dienone is 1. The van der Waals surface area contributed by atoms with Crippen molar-refractivity contribution in [2.75, 3.05) is 0 Å². The van der Waals surface area contributed by atoms with Crippen LogP contribution in [-0.4, -0.2) is 11.1 Å². The van der Waals surface area contributed by atoms with Crippen LogP contribution < -0.4 is 0 Å². The fourth-order valence-corrected chi connectivity index (χ4v) is 3.03. The van der Waals surface area contributed by atoms with Crippen LogP contribution in [0.2, 0.25) is 15.1 Å². The van der Waals surface area contributed by atoms with Crippen molar-refractivity contribution in [3.05, 3.63) is 72.6 Å². The molecule has 0 radical (unpaired) electrons. The summed E-state index contributed by atoms with van der Waals surface area (Å²) < 4.78 is 14.7. The minimum atomic E-state index is -1.43. The number of carbonyl (C=O) groups is 1. The first-order chi connectivity index (χ1) is 10.8. The number of benzene rings is 2. The summed E-state index contributed by atoms with van der Waals surface area (Å²) in [6.45, 7) is 0. The fourth-order valence-electron chi connectivity index (χ4n) is 1.85. The van der Waals surface area contributed by atoms with Crippen molar-refractivity contribution >= 4 is 62.8 Å². The highest BCUT2D eigenvalue weighted by Gasteiger charge is 2.12. The minimum absolute atomic E-state index is 0.134. The molecule has 0 bridgehead atoms. The lowest BCUT2D eigenvalue weighted by molar-refractivity contribution is 0.0696. The van der Waals surface area contributed by atoms with Crippen LogP contribution in [0.3, 0.4) is 0 Å². The Morgan fingerprint density at radius 3 is 2.30 bits per heavy atom. The van der Waals surface area contributed by atoms with Crippen LogP contribution in [0.5, 0.6) is 0 Å². The number of halogens is 5. The van der Waals surface area contributed by atoms with Gasteiger partial charge in [0.2, 0.25) is 0 Å². The van der Waals surface area contributed by atoms with E-state index in [0.29, 0.717) is 10.0 Å². The molecule has 2 aromatic carbocycles. The maximum Gasteiger partial charge on any atom is 0.336 e. The van der Waals surface area contributed by atoms with Gasteiger partial charge < -0.3 is 5.11 Å². The number of hydrogen-bond acceptors (Lipinski definition) is 1. The molecular formula is C16H9BrCl3FO2. The molecule has 0 aromatic heterocycles. The Bertz CT molecular complexity index is 770. The van der Waals surface area contributed by atoms with E-state index in [1.807, 2.05) is 0 Å². The maximum absolute atomic E-state index is 14.3. The van der Waals surface area contributed by atoms with Crippen molar-refractivity contribution in [3.63, 3.8) is 0 Å². The molecule has 0 saturated heterocycles. The summed E-state index contributed by atoms with van der Waals surface area (Å²) in [6, 6.07) is 7.44. The van der Waals surface area contributed by atoms with Crippen molar-refractivity contribution in [1.29, 1.82) is 0 Å². The Morgan fingerprint density at radius 2 is 1.78 bits per heavy atom. The average Bonchev–Trinajstić information content (AvgIpc) is 2.49. The Morgan fingerprint density at radius 1 is 1.17 bits per heavy atom. The van der Waals surface area contributed by atoms with E-state index in [1.54, 1.807) is 12.1 Å². The van der Waals surface area contributed by atoms with E-state index in [-0.39, 0.29) is 26.2 Å². The summed E-state index contributed by atoms with van der Waals surface area (Å²) in [5.41, 5.74) is 1.06. The molecule has 7 heteroatoms. The third kappa shape index (κ3) is 4.48. The summed E-state index contributed by atoms with van der Waals surface area (Å²) >= 11 is 20.8. The van der Waals surface area contributed by atoms with E-state index in [9.17, 15) is 9.18 Å². The van der Waals surface area contributed by atoms with Crippen LogP contribution >= 0.6 is 50.7 Å². The number of carboxylic acid groups (broad SMARTS) is 1. The first kappa shape index (κ1) is 18.3. The third-order valence-corrected chi connectivity index (χ3v) is 4.86. The van der Waals surface area contributed by atoms with Gasteiger partial charge in [0.05, 0.1) is 20.6 Å². The second-order valence-electron chi connectivity index (χ2n) is 4.60. The molecule has 2 nitrogen and oxygen atoms in total. The van der Waals surface area contributed by atoms with Gasteiger partial charge in [-0.2, -0.15) is 0 Å². The Labute approximate surface area is 155 Å². The lowest BCUT2D eigenvalue weighted by Crippen LogP contribution is -1.97. The van der Waals surface area contributed by atoms with Gasteiger partial charge in [0.25, 0.3) is 0 Å². The molecular weight excluding hydrogens is 429 g/mol. The molecule has 0 aliphatic carbocycles. The first-order valence-corrected chi connectivity index (χ1v) is 8.22. The second kappa shape index (κ2) is 7.67. The van der Waals surface area contributed by atoms with E-state index < -0.39 is 12.1 Å². The highest BCUT2D eigenvalue weighted by Crippen LogP contribution is 2.34. The second-order valence-corrected chi connectivity index (χ2v) is 6.65. The average molecular weight is 439 g/mol. The van der Waals surface area contributed by atoms with Gasteiger partial charge in [0, 0.05) is 4.47 Å². The fraction of sp³-hybridized carbons (Fsp3) is 0.0625. The number of rotatable bonds is 4. The summed E-state index contributed by atoms with van der Waals surface area (Å²) in [5.74, 6) is -1.04. The molecule has 0 aliphatic heterocycles. The van der Waals surface area contributed by atoms with Crippen LogP contribution in [0.4, 0.5) is 4.39 Å². The molecule has 23 heavy (non-hydrogen) atoms. The van der Waals surface area contributed by atoms with Crippen molar-refractivity contribution in [2.45, 2.75) is 6.17 Å². The van der Waals surface area contributed by atoms with Crippen molar-refractivity contribution in [2.24, 2.45) is 0 Å². The van der Waals surface area contributed by atoms with E-state index in [4.69, 9.17) is 39.9 Å². The van der Waals surface area contributed by atoms with Crippen molar-refractivity contribution in [3.8, 4) is 0 Å². The molecule has 0 spiro atoms. The highest BCUT2D eigenvalue weighted by molar-refractivity contribution is 9.10. The zero-order chi connectivity index (χ0) is 17.1.